The Bertz CT molecular complexity index is 439. The number of hydrogen-bond donors (Lipinski definition) is 1. The molecule has 106 valence electrons. The maximum absolute atomic E-state index is 12.6. The summed E-state index contributed by atoms with van der Waals surface area (Å²) in [7, 11) is 0. The van der Waals surface area contributed by atoms with Crippen LogP contribution >= 0.6 is 0 Å². The van der Waals surface area contributed by atoms with E-state index in [2.05, 4.69) is 11.8 Å². The monoisotopic (exact) mass is 272 g/mol. The van der Waals surface area contributed by atoms with Crippen molar-refractivity contribution in [2.45, 2.75) is 44.8 Å². The molecule has 1 aliphatic rings. The summed E-state index contributed by atoms with van der Waals surface area (Å²) in [6.07, 6.45) is -0.0461. The van der Waals surface area contributed by atoms with Crippen LogP contribution < -0.4 is 10.6 Å². The van der Waals surface area contributed by atoms with Gasteiger partial charge in [-0.15, -0.1) is 0 Å². The molecule has 2 N–H and O–H groups in total. The topological polar surface area (TPSA) is 29.3 Å². The van der Waals surface area contributed by atoms with Gasteiger partial charge >= 0.3 is 6.18 Å². The number of rotatable bonds is 5. The van der Waals surface area contributed by atoms with Crippen LogP contribution in [-0.4, -0.2) is 12.6 Å². The molecule has 5 heteroatoms. The number of halogens is 3. The molecule has 1 fully saturated rings. The fourth-order valence-corrected chi connectivity index (χ4v) is 2.21. The normalized spacial score (nSPS) is 15.6. The molecule has 2 nitrogen and oxygen atoms in total. The van der Waals surface area contributed by atoms with Crippen molar-refractivity contribution < 1.29 is 13.2 Å². The van der Waals surface area contributed by atoms with Crippen LogP contribution in [0.25, 0.3) is 0 Å². The molecule has 0 amide bonds. The van der Waals surface area contributed by atoms with Crippen molar-refractivity contribution in [2.24, 2.45) is 0 Å². The second-order valence-electron chi connectivity index (χ2n) is 5.05. The lowest BCUT2D eigenvalue weighted by atomic mass is 10.1. The minimum atomic E-state index is -4.33. The van der Waals surface area contributed by atoms with Gasteiger partial charge in [-0.1, -0.05) is 13.3 Å². The Labute approximate surface area is 111 Å². The Kier molecular flexibility index (Phi) is 3.92. The van der Waals surface area contributed by atoms with Crippen LogP contribution in [0.15, 0.2) is 18.2 Å². The lowest BCUT2D eigenvalue weighted by Crippen LogP contribution is -2.27. The predicted octanol–water partition coefficient (Wildman–Crippen LogP) is 4.06. The zero-order chi connectivity index (χ0) is 14.0. The van der Waals surface area contributed by atoms with Gasteiger partial charge in [-0.3, -0.25) is 0 Å². The summed E-state index contributed by atoms with van der Waals surface area (Å²) in [5.41, 5.74) is 6.09. The van der Waals surface area contributed by atoms with E-state index in [4.69, 9.17) is 5.73 Å². The lowest BCUT2D eigenvalue weighted by molar-refractivity contribution is -0.137. The smallest absolute Gasteiger partial charge is 0.397 e. The van der Waals surface area contributed by atoms with Gasteiger partial charge in [-0.2, -0.15) is 13.2 Å². The van der Waals surface area contributed by atoms with Crippen molar-refractivity contribution in [1.82, 2.24) is 0 Å². The van der Waals surface area contributed by atoms with Gasteiger partial charge < -0.3 is 10.6 Å². The summed E-state index contributed by atoms with van der Waals surface area (Å²) >= 11 is 0. The van der Waals surface area contributed by atoms with Crippen molar-refractivity contribution >= 4 is 11.4 Å². The van der Waals surface area contributed by atoms with Gasteiger partial charge in [0.05, 0.1) is 16.9 Å². The summed E-state index contributed by atoms with van der Waals surface area (Å²) < 4.78 is 37.8. The number of benzene rings is 1. The summed E-state index contributed by atoms with van der Waals surface area (Å²) in [5.74, 6) is 0. The van der Waals surface area contributed by atoms with Gasteiger partial charge in [-0.25, -0.2) is 0 Å². The fourth-order valence-electron chi connectivity index (χ4n) is 2.21. The van der Waals surface area contributed by atoms with Crippen LogP contribution in [-0.2, 0) is 6.18 Å². The molecule has 1 aromatic carbocycles. The molecule has 1 saturated carbocycles. The second kappa shape index (κ2) is 5.31. The molecule has 0 bridgehead atoms. The van der Waals surface area contributed by atoms with E-state index in [1.165, 1.54) is 6.07 Å². The molecule has 0 heterocycles. The third-order valence-corrected chi connectivity index (χ3v) is 3.40. The number of unbranched alkanes of at least 4 members (excludes halogenated alkanes) is 1. The summed E-state index contributed by atoms with van der Waals surface area (Å²) in [4.78, 5) is 2.15. The molecular formula is C14H19F3N2. The third kappa shape index (κ3) is 3.33. The van der Waals surface area contributed by atoms with Gasteiger partial charge in [0, 0.05) is 12.6 Å². The Hall–Kier alpha value is -1.39. The van der Waals surface area contributed by atoms with Crippen LogP contribution in [0.5, 0.6) is 0 Å². The molecule has 19 heavy (non-hydrogen) atoms. The van der Waals surface area contributed by atoms with Gasteiger partial charge in [-0.05, 0) is 37.5 Å². The molecule has 0 aliphatic heterocycles. The Balaban J connectivity index is 2.23. The largest absolute Gasteiger partial charge is 0.416 e. The highest BCUT2D eigenvalue weighted by Gasteiger charge is 2.33. The summed E-state index contributed by atoms with van der Waals surface area (Å²) in [6.45, 7) is 2.96. The van der Waals surface area contributed by atoms with Crippen LogP contribution in [0, 0.1) is 0 Å². The van der Waals surface area contributed by atoms with E-state index in [1.54, 1.807) is 0 Å². The lowest BCUT2D eigenvalue weighted by Gasteiger charge is -2.26. The number of anilines is 2. The summed E-state index contributed by atoms with van der Waals surface area (Å²) in [5, 5.41) is 0. The molecule has 2 rings (SSSR count). The SMILES string of the molecule is CCCCN(c1ccc(C(F)(F)F)cc1N)C1CC1. The molecular weight excluding hydrogens is 253 g/mol. The number of nitrogen functional groups attached to an aromatic ring is 1. The van der Waals surface area contributed by atoms with E-state index in [0.29, 0.717) is 6.04 Å². The fraction of sp³-hybridized carbons (Fsp3) is 0.571. The van der Waals surface area contributed by atoms with Crippen molar-refractivity contribution in [3.8, 4) is 0 Å². The van der Waals surface area contributed by atoms with Crippen molar-refractivity contribution in [3.63, 3.8) is 0 Å². The van der Waals surface area contributed by atoms with Gasteiger partial charge in [0.1, 0.15) is 0 Å². The molecule has 1 aliphatic carbocycles. The van der Waals surface area contributed by atoms with Crippen LogP contribution in [0.4, 0.5) is 24.5 Å². The average Bonchev–Trinajstić information content (AvgIpc) is 3.14. The van der Waals surface area contributed by atoms with E-state index >= 15 is 0 Å². The maximum Gasteiger partial charge on any atom is 0.416 e. The molecule has 1 aromatic rings. The molecule has 0 radical (unpaired) electrons. The standard InChI is InChI=1S/C14H19F3N2/c1-2-3-8-19(11-5-6-11)13-7-4-10(9-12(13)18)14(15,16)17/h4,7,9,11H,2-3,5-6,8,18H2,1H3. The molecule has 0 unspecified atom stereocenters. The Morgan fingerprint density at radius 3 is 2.47 bits per heavy atom. The number of nitrogens with zero attached hydrogens (tertiary/aromatic N) is 1. The molecule has 0 saturated heterocycles. The highest BCUT2D eigenvalue weighted by Crippen LogP contribution is 2.38. The molecule has 0 spiro atoms. The number of hydrogen-bond acceptors (Lipinski definition) is 2. The molecule has 0 aromatic heterocycles. The number of nitrogens with two attached hydrogens (primary N) is 1. The predicted molar refractivity (Wildman–Crippen MR) is 71.1 cm³/mol. The maximum atomic E-state index is 12.6. The van der Waals surface area contributed by atoms with Crippen molar-refractivity contribution in [2.75, 3.05) is 17.2 Å². The zero-order valence-corrected chi connectivity index (χ0v) is 11.0. The van der Waals surface area contributed by atoms with Gasteiger partial charge in [0.25, 0.3) is 0 Å². The Morgan fingerprint density at radius 2 is 2.00 bits per heavy atom. The second-order valence-corrected chi connectivity index (χ2v) is 5.05. The average molecular weight is 272 g/mol. The minimum Gasteiger partial charge on any atom is -0.397 e. The third-order valence-electron chi connectivity index (χ3n) is 3.40. The quantitative estimate of drug-likeness (QED) is 0.819. The van der Waals surface area contributed by atoms with Crippen molar-refractivity contribution in [1.29, 1.82) is 0 Å². The van der Waals surface area contributed by atoms with Crippen LogP contribution in [0.3, 0.4) is 0 Å². The Morgan fingerprint density at radius 1 is 1.32 bits per heavy atom. The molecule has 0 atom stereocenters. The first kappa shape index (κ1) is 14.0. The highest BCUT2D eigenvalue weighted by molar-refractivity contribution is 5.69. The van der Waals surface area contributed by atoms with E-state index in [-0.39, 0.29) is 5.69 Å². The first-order chi connectivity index (χ1) is 8.93. The first-order valence-electron chi connectivity index (χ1n) is 6.67. The van der Waals surface area contributed by atoms with E-state index < -0.39 is 11.7 Å². The highest BCUT2D eigenvalue weighted by atomic mass is 19.4. The summed E-state index contributed by atoms with van der Waals surface area (Å²) in [6, 6.07) is 4.11. The van der Waals surface area contributed by atoms with Crippen LogP contribution in [0.2, 0.25) is 0 Å². The van der Waals surface area contributed by atoms with E-state index in [1.807, 2.05) is 0 Å². The first-order valence-corrected chi connectivity index (χ1v) is 6.67. The zero-order valence-electron chi connectivity index (χ0n) is 11.0. The van der Waals surface area contributed by atoms with Crippen molar-refractivity contribution in [3.05, 3.63) is 23.8 Å². The van der Waals surface area contributed by atoms with E-state index in [9.17, 15) is 13.2 Å². The number of alkyl halides is 3. The van der Waals surface area contributed by atoms with Gasteiger partial charge in [0.15, 0.2) is 0 Å². The van der Waals surface area contributed by atoms with Gasteiger partial charge in [0.2, 0.25) is 0 Å². The van der Waals surface area contributed by atoms with E-state index in [0.717, 1.165) is 50.0 Å². The minimum absolute atomic E-state index is 0.220. The van der Waals surface area contributed by atoms with Crippen LogP contribution in [0.1, 0.15) is 38.2 Å².